The van der Waals surface area contributed by atoms with Gasteiger partial charge < -0.3 is 9.84 Å². The summed E-state index contributed by atoms with van der Waals surface area (Å²) in [5.41, 5.74) is 1.12. The number of hydrogen-bond acceptors (Lipinski definition) is 4. The molecule has 0 bridgehead atoms. The summed E-state index contributed by atoms with van der Waals surface area (Å²) in [6, 6.07) is 7.19. The lowest BCUT2D eigenvalue weighted by Gasteiger charge is -2.20. The highest BCUT2D eigenvalue weighted by atomic mass is 16.5. The minimum absolute atomic E-state index is 0.00170. The molecule has 0 spiro atoms. The topological polar surface area (TPSA) is 63.6 Å². The fourth-order valence-electron chi connectivity index (χ4n) is 2.28. The second kappa shape index (κ2) is 5.20. The monoisotopic (exact) mass is 286 g/mol. The van der Waals surface area contributed by atoms with Crippen LogP contribution in [0.25, 0.3) is 10.8 Å². The third-order valence-corrected chi connectivity index (χ3v) is 3.54. The van der Waals surface area contributed by atoms with Gasteiger partial charge >= 0.3 is 5.97 Å². The number of rotatable bonds is 2. The summed E-state index contributed by atoms with van der Waals surface area (Å²) in [6.45, 7) is 6.24. The standard InChI is InChI=1S/C17H18O4/c1-17(2,3)11-5-6-12-10(7-11)8-13(16(20)21-4)15(19)14(12)9-18/h5-9,19H,1-4H3. The Labute approximate surface area is 123 Å². The van der Waals surface area contributed by atoms with Crippen LogP contribution in [0.15, 0.2) is 24.3 Å². The van der Waals surface area contributed by atoms with Gasteiger partial charge in [-0.2, -0.15) is 0 Å². The molecule has 0 aliphatic heterocycles. The fraction of sp³-hybridized carbons (Fsp3) is 0.294. The first-order chi connectivity index (χ1) is 9.79. The first-order valence-corrected chi connectivity index (χ1v) is 6.63. The molecule has 1 N–H and O–H groups in total. The van der Waals surface area contributed by atoms with E-state index >= 15 is 0 Å². The van der Waals surface area contributed by atoms with Gasteiger partial charge in [0.05, 0.1) is 12.7 Å². The highest BCUT2D eigenvalue weighted by molar-refractivity contribution is 6.07. The van der Waals surface area contributed by atoms with Crippen molar-refractivity contribution >= 4 is 23.0 Å². The summed E-state index contributed by atoms with van der Waals surface area (Å²) in [7, 11) is 1.23. The quantitative estimate of drug-likeness (QED) is 0.678. The number of ether oxygens (including phenoxy) is 1. The Balaban J connectivity index is 2.82. The molecule has 0 aromatic heterocycles. The van der Waals surface area contributed by atoms with Gasteiger partial charge in [0, 0.05) is 0 Å². The number of phenolic OH excluding ortho intramolecular Hbond substituents is 1. The van der Waals surface area contributed by atoms with E-state index in [0.29, 0.717) is 11.7 Å². The second-order valence-corrected chi connectivity index (χ2v) is 5.98. The van der Waals surface area contributed by atoms with Crippen molar-refractivity contribution in [2.75, 3.05) is 7.11 Å². The van der Waals surface area contributed by atoms with Gasteiger partial charge in [-0.3, -0.25) is 4.79 Å². The molecule has 2 aromatic rings. The van der Waals surface area contributed by atoms with Crippen LogP contribution >= 0.6 is 0 Å². The van der Waals surface area contributed by atoms with E-state index in [1.54, 1.807) is 12.1 Å². The number of phenols is 1. The van der Waals surface area contributed by atoms with Gasteiger partial charge in [0.1, 0.15) is 11.3 Å². The van der Waals surface area contributed by atoms with E-state index in [9.17, 15) is 14.7 Å². The van der Waals surface area contributed by atoms with E-state index in [2.05, 4.69) is 25.5 Å². The van der Waals surface area contributed by atoms with Gasteiger partial charge in [-0.05, 0) is 27.8 Å². The Kier molecular flexibility index (Phi) is 3.73. The van der Waals surface area contributed by atoms with E-state index in [1.165, 1.54) is 7.11 Å². The minimum Gasteiger partial charge on any atom is -0.506 e. The zero-order chi connectivity index (χ0) is 15.8. The molecule has 0 aliphatic rings. The number of methoxy groups -OCH3 is 1. The molecule has 0 aliphatic carbocycles. The maximum Gasteiger partial charge on any atom is 0.341 e. The number of fused-ring (bicyclic) bond motifs is 1. The number of aromatic hydroxyl groups is 1. The van der Waals surface area contributed by atoms with Crippen molar-refractivity contribution in [3.8, 4) is 5.75 Å². The summed E-state index contributed by atoms with van der Waals surface area (Å²) in [5, 5.41) is 11.4. The zero-order valence-corrected chi connectivity index (χ0v) is 12.6. The van der Waals surface area contributed by atoms with Gasteiger partial charge in [-0.25, -0.2) is 4.79 Å². The molecule has 2 rings (SSSR count). The fourth-order valence-corrected chi connectivity index (χ4v) is 2.28. The molecule has 0 fully saturated rings. The molecule has 4 nitrogen and oxygen atoms in total. The van der Waals surface area contributed by atoms with Crippen molar-refractivity contribution < 1.29 is 19.4 Å². The Morgan fingerprint density at radius 2 is 1.90 bits per heavy atom. The molecular weight excluding hydrogens is 268 g/mol. The minimum atomic E-state index is -0.668. The van der Waals surface area contributed by atoms with Crippen LogP contribution in [0.4, 0.5) is 0 Å². The number of benzene rings is 2. The van der Waals surface area contributed by atoms with Gasteiger partial charge in [0.15, 0.2) is 6.29 Å². The molecule has 0 amide bonds. The average molecular weight is 286 g/mol. The molecule has 0 saturated heterocycles. The summed E-state index contributed by atoms with van der Waals surface area (Å²) >= 11 is 0. The number of carbonyl (C=O) groups excluding carboxylic acids is 2. The molecule has 21 heavy (non-hydrogen) atoms. The van der Waals surface area contributed by atoms with Crippen LogP contribution in [0.3, 0.4) is 0 Å². The van der Waals surface area contributed by atoms with E-state index in [4.69, 9.17) is 0 Å². The van der Waals surface area contributed by atoms with Crippen LogP contribution in [0.2, 0.25) is 0 Å². The van der Waals surface area contributed by atoms with Crippen LogP contribution in [-0.4, -0.2) is 24.5 Å². The largest absolute Gasteiger partial charge is 0.506 e. The molecule has 0 atom stereocenters. The van der Waals surface area contributed by atoms with Gasteiger partial charge in [-0.15, -0.1) is 0 Å². The van der Waals surface area contributed by atoms with Crippen LogP contribution in [0, 0.1) is 0 Å². The molecule has 110 valence electrons. The van der Waals surface area contributed by atoms with Gasteiger partial charge in [0.2, 0.25) is 0 Å². The van der Waals surface area contributed by atoms with Gasteiger partial charge in [-0.1, -0.05) is 39.0 Å². The highest BCUT2D eigenvalue weighted by Gasteiger charge is 2.20. The maximum absolute atomic E-state index is 11.7. The van der Waals surface area contributed by atoms with Gasteiger partial charge in [0.25, 0.3) is 0 Å². The molecule has 0 radical (unpaired) electrons. The third kappa shape index (κ3) is 2.61. The average Bonchev–Trinajstić information content (AvgIpc) is 2.44. The lowest BCUT2D eigenvalue weighted by atomic mass is 9.85. The van der Waals surface area contributed by atoms with E-state index in [-0.39, 0.29) is 22.3 Å². The molecule has 4 heteroatoms. The Hall–Kier alpha value is -2.36. The first-order valence-electron chi connectivity index (χ1n) is 6.63. The normalized spacial score (nSPS) is 11.4. The van der Waals surface area contributed by atoms with Crippen molar-refractivity contribution in [2.24, 2.45) is 0 Å². The number of carbonyl (C=O) groups is 2. The Morgan fingerprint density at radius 1 is 1.24 bits per heavy atom. The van der Waals surface area contributed by atoms with E-state index in [1.807, 2.05) is 12.1 Å². The van der Waals surface area contributed by atoms with Crippen LogP contribution < -0.4 is 0 Å². The van der Waals surface area contributed by atoms with Crippen molar-refractivity contribution in [3.05, 3.63) is 41.0 Å². The third-order valence-electron chi connectivity index (χ3n) is 3.54. The molecular formula is C17H18O4. The molecule has 0 heterocycles. The summed E-state index contributed by atoms with van der Waals surface area (Å²) in [4.78, 5) is 23.0. The Morgan fingerprint density at radius 3 is 2.43 bits per heavy atom. The summed E-state index contributed by atoms with van der Waals surface area (Å²) in [6.07, 6.45) is 0.556. The maximum atomic E-state index is 11.7. The number of aldehydes is 1. The van der Waals surface area contributed by atoms with Crippen molar-refractivity contribution in [3.63, 3.8) is 0 Å². The lowest BCUT2D eigenvalue weighted by molar-refractivity contribution is 0.0597. The molecule has 2 aromatic carbocycles. The SMILES string of the molecule is COC(=O)c1cc2cc(C(C)(C)C)ccc2c(C=O)c1O. The second-order valence-electron chi connectivity index (χ2n) is 5.98. The molecule has 0 unspecified atom stereocenters. The summed E-state index contributed by atoms with van der Waals surface area (Å²) in [5.74, 6) is -1.01. The number of esters is 1. The number of hydrogen-bond donors (Lipinski definition) is 1. The van der Waals surface area contributed by atoms with Crippen molar-refractivity contribution in [1.82, 2.24) is 0 Å². The predicted octanol–water partition coefficient (Wildman–Crippen LogP) is 3.44. The van der Waals surface area contributed by atoms with E-state index < -0.39 is 5.97 Å². The van der Waals surface area contributed by atoms with Crippen LogP contribution in [-0.2, 0) is 10.2 Å². The lowest BCUT2D eigenvalue weighted by Crippen LogP contribution is -2.11. The van der Waals surface area contributed by atoms with E-state index in [0.717, 1.165) is 10.9 Å². The first kappa shape index (κ1) is 15.0. The van der Waals surface area contributed by atoms with Crippen LogP contribution in [0.1, 0.15) is 47.1 Å². The van der Waals surface area contributed by atoms with Crippen molar-refractivity contribution in [2.45, 2.75) is 26.2 Å². The zero-order valence-electron chi connectivity index (χ0n) is 12.6. The smallest absolute Gasteiger partial charge is 0.341 e. The summed E-state index contributed by atoms with van der Waals surface area (Å²) < 4.78 is 4.65. The predicted molar refractivity (Wildman–Crippen MR) is 81.0 cm³/mol. The molecule has 0 saturated carbocycles. The highest BCUT2D eigenvalue weighted by Crippen LogP contribution is 2.33. The van der Waals surface area contributed by atoms with Crippen molar-refractivity contribution in [1.29, 1.82) is 0 Å². The Bertz CT molecular complexity index is 724. The van der Waals surface area contributed by atoms with Crippen LogP contribution in [0.5, 0.6) is 5.75 Å².